The largest absolute Gasteiger partial charge is 0.480 e. The number of hydrogen-bond acceptors (Lipinski definition) is 5. The van der Waals surface area contributed by atoms with Crippen molar-refractivity contribution in [2.24, 2.45) is 11.5 Å². The third-order valence-electron chi connectivity index (χ3n) is 4.51. The first-order valence-electron chi connectivity index (χ1n) is 9.83. The molecule has 0 aliphatic carbocycles. The van der Waals surface area contributed by atoms with E-state index in [0.717, 1.165) is 43.4 Å². The summed E-state index contributed by atoms with van der Waals surface area (Å²) in [6, 6.07) is -1.96. The number of nitrogens with two attached hydrogens (primary N) is 2. The maximum Gasteiger partial charge on any atom is 0.326 e. The maximum absolute atomic E-state index is 12.5. The van der Waals surface area contributed by atoms with Gasteiger partial charge in [-0.25, -0.2) is 4.79 Å². The zero-order valence-corrected chi connectivity index (χ0v) is 16.6. The molecule has 152 valence electrons. The molecule has 3 atom stereocenters. The summed E-state index contributed by atoms with van der Waals surface area (Å²) in [4.78, 5) is 37.2. The van der Waals surface area contributed by atoms with Crippen LogP contribution in [-0.2, 0) is 14.4 Å². The van der Waals surface area contributed by atoms with E-state index in [1.165, 1.54) is 6.92 Å². The van der Waals surface area contributed by atoms with Crippen LogP contribution in [0.3, 0.4) is 0 Å². The number of unbranched alkanes of at least 4 members (excludes halogenated alkanes) is 4. The van der Waals surface area contributed by atoms with Crippen LogP contribution in [0.25, 0.3) is 0 Å². The van der Waals surface area contributed by atoms with Gasteiger partial charge < -0.3 is 16.6 Å². The number of nitrogens with zero attached hydrogens (tertiary/aromatic N) is 1. The highest BCUT2D eigenvalue weighted by molar-refractivity contribution is 5.99. The number of carbonyl (C=O) groups is 3. The van der Waals surface area contributed by atoms with Gasteiger partial charge in [0.2, 0.25) is 11.8 Å². The Hall–Kier alpha value is -1.47. The lowest BCUT2D eigenvalue weighted by atomic mass is 10.0. The van der Waals surface area contributed by atoms with E-state index < -0.39 is 23.8 Å². The van der Waals surface area contributed by atoms with E-state index in [1.807, 2.05) is 0 Å². The lowest BCUT2D eigenvalue weighted by Gasteiger charge is -2.27. The summed E-state index contributed by atoms with van der Waals surface area (Å²) >= 11 is 0. The van der Waals surface area contributed by atoms with Gasteiger partial charge in [0.05, 0.1) is 0 Å². The molecule has 0 heterocycles. The van der Waals surface area contributed by atoms with Crippen molar-refractivity contribution >= 4 is 17.8 Å². The molecule has 0 saturated heterocycles. The van der Waals surface area contributed by atoms with E-state index in [0.29, 0.717) is 12.8 Å². The Labute approximate surface area is 157 Å². The van der Waals surface area contributed by atoms with E-state index in [2.05, 4.69) is 13.8 Å². The molecule has 0 aromatic heterocycles. The molecule has 0 aromatic rings. The summed E-state index contributed by atoms with van der Waals surface area (Å²) in [5.41, 5.74) is 12.0. The minimum absolute atomic E-state index is 0.0296. The predicted molar refractivity (Wildman–Crippen MR) is 102 cm³/mol. The first-order chi connectivity index (χ1) is 12.2. The van der Waals surface area contributed by atoms with Crippen molar-refractivity contribution in [3.8, 4) is 0 Å². The molecule has 7 heteroatoms. The normalized spacial score (nSPS) is 14.5. The van der Waals surface area contributed by atoms with Gasteiger partial charge in [0.1, 0.15) is 6.04 Å². The summed E-state index contributed by atoms with van der Waals surface area (Å²) in [7, 11) is 0. The number of hydrogen-bond donors (Lipinski definition) is 3. The van der Waals surface area contributed by atoms with Crippen molar-refractivity contribution in [2.45, 2.75) is 103 Å². The molecule has 0 fully saturated rings. The molecule has 2 amide bonds. The molecule has 0 radical (unpaired) electrons. The highest BCUT2D eigenvalue weighted by Crippen LogP contribution is 2.13. The first-order valence-corrected chi connectivity index (χ1v) is 9.83. The Kier molecular flexibility index (Phi) is 12.9. The highest BCUT2D eigenvalue weighted by atomic mass is 16.4. The van der Waals surface area contributed by atoms with Crippen molar-refractivity contribution in [2.75, 3.05) is 0 Å². The second-order valence-corrected chi connectivity index (χ2v) is 7.09. The van der Waals surface area contributed by atoms with Gasteiger partial charge >= 0.3 is 5.97 Å². The molecular weight excluding hydrogens is 334 g/mol. The second kappa shape index (κ2) is 13.7. The molecule has 0 unspecified atom stereocenters. The van der Waals surface area contributed by atoms with Crippen LogP contribution in [0, 0.1) is 0 Å². The smallest absolute Gasteiger partial charge is 0.326 e. The molecule has 0 aromatic carbocycles. The summed E-state index contributed by atoms with van der Waals surface area (Å²) in [6.45, 7) is 5.49. The van der Waals surface area contributed by atoms with E-state index in [1.54, 1.807) is 0 Å². The second-order valence-electron chi connectivity index (χ2n) is 7.09. The molecule has 0 aliphatic rings. The van der Waals surface area contributed by atoms with Gasteiger partial charge in [0, 0.05) is 24.9 Å². The van der Waals surface area contributed by atoms with Crippen LogP contribution in [-0.4, -0.2) is 45.9 Å². The van der Waals surface area contributed by atoms with Crippen molar-refractivity contribution in [3.63, 3.8) is 0 Å². The summed E-state index contributed by atoms with van der Waals surface area (Å²) in [5.74, 6) is -2.28. The maximum atomic E-state index is 12.5. The SMILES string of the molecule is CCCCC[C@H](N)CC(=O)N(C(=O)C[C@@H](N)CCCCC)[C@@H](C)C(=O)O. The van der Waals surface area contributed by atoms with Gasteiger partial charge in [-0.1, -0.05) is 52.4 Å². The predicted octanol–water partition coefficient (Wildman–Crippen LogP) is 2.41. The van der Waals surface area contributed by atoms with E-state index in [9.17, 15) is 19.5 Å². The standard InChI is InChI=1S/C19H37N3O4/c1-4-6-8-10-15(20)12-17(23)22(14(3)19(25)26)18(24)13-16(21)11-9-7-5-2/h14-16H,4-13,20-21H2,1-3H3,(H,25,26)/t14-,15-,16-/m0/s1. The van der Waals surface area contributed by atoms with Crippen molar-refractivity contribution in [3.05, 3.63) is 0 Å². The molecule has 0 spiro atoms. The quantitative estimate of drug-likeness (QED) is 0.402. The number of carboxylic acid groups (broad SMARTS) is 1. The number of carboxylic acids is 1. The van der Waals surface area contributed by atoms with Crippen molar-refractivity contribution in [1.82, 2.24) is 4.90 Å². The molecular formula is C19H37N3O4. The van der Waals surface area contributed by atoms with Crippen molar-refractivity contribution in [1.29, 1.82) is 0 Å². The Morgan fingerprint density at radius 3 is 1.54 bits per heavy atom. The summed E-state index contributed by atoms with van der Waals surface area (Å²) in [6.07, 6.45) is 7.29. The number of aliphatic carboxylic acids is 1. The number of carbonyl (C=O) groups excluding carboxylic acids is 2. The van der Waals surface area contributed by atoms with E-state index >= 15 is 0 Å². The van der Waals surface area contributed by atoms with Gasteiger partial charge in [-0.05, 0) is 19.8 Å². The van der Waals surface area contributed by atoms with Crippen LogP contribution in [0.2, 0.25) is 0 Å². The third-order valence-corrected chi connectivity index (χ3v) is 4.51. The van der Waals surface area contributed by atoms with Gasteiger partial charge in [-0.3, -0.25) is 14.5 Å². The number of amides is 2. The number of rotatable bonds is 14. The minimum atomic E-state index is -1.22. The zero-order valence-electron chi connectivity index (χ0n) is 16.6. The van der Waals surface area contributed by atoms with Crippen molar-refractivity contribution < 1.29 is 19.5 Å². The van der Waals surface area contributed by atoms with Crippen LogP contribution in [0.1, 0.15) is 85.0 Å². The third kappa shape index (κ3) is 9.87. The van der Waals surface area contributed by atoms with E-state index in [-0.39, 0.29) is 24.9 Å². The Morgan fingerprint density at radius 2 is 1.23 bits per heavy atom. The summed E-state index contributed by atoms with van der Waals surface area (Å²) in [5, 5.41) is 9.26. The molecule has 26 heavy (non-hydrogen) atoms. The Morgan fingerprint density at radius 1 is 0.846 bits per heavy atom. The fraction of sp³-hybridized carbons (Fsp3) is 0.842. The van der Waals surface area contributed by atoms with Gasteiger partial charge in [0.25, 0.3) is 0 Å². The van der Waals surface area contributed by atoms with Crippen LogP contribution in [0.5, 0.6) is 0 Å². The van der Waals surface area contributed by atoms with Crippen LogP contribution in [0.4, 0.5) is 0 Å². The highest BCUT2D eigenvalue weighted by Gasteiger charge is 2.32. The monoisotopic (exact) mass is 371 g/mol. The lowest BCUT2D eigenvalue weighted by molar-refractivity contribution is -0.157. The molecule has 0 bridgehead atoms. The zero-order chi connectivity index (χ0) is 20.1. The molecule has 5 N–H and O–H groups in total. The van der Waals surface area contributed by atoms with Gasteiger partial charge in [-0.2, -0.15) is 0 Å². The average molecular weight is 372 g/mol. The molecule has 7 nitrogen and oxygen atoms in total. The first kappa shape index (κ1) is 24.5. The fourth-order valence-corrected chi connectivity index (χ4v) is 2.84. The van der Waals surface area contributed by atoms with Gasteiger partial charge in [-0.15, -0.1) is 0 Å². The van der Waals surface area contributed by atoms with Crippen LogP contribution in [0.15, 0.2) is 0 Å². The molecule has 0 saturated carbocycles. The van der Waals surface area contributed by atoms with Crippen LogP contribution < -0.4 is 11.5 Å². The molecule has 0 aliphatic heterocycles. The minimum Gasteiger partial charge on any atom is -0.480 e. The average Bonchev–Trinajstić information content (AvgIpc) is 2.55. The Balaban J connectivity index is 4.85. The van der Waals surface area contributed by atoms with Gasteiger partial charge in [0.15, 0.2) is 0 Å². The van der Waals surface area contributed by atoms with E-state index in [4.69, 9.17) is 11.5 Å². The molecule has 0 rings (SSSR count). The topological polar surface area (TPSA) is 127 Å². The van der Waals surface area contributed by atoms with Crippen LogP contribution >= 0.6 is 0 Å². The lowest BCUT2D eigenvalue weighted by Crippen LogP contribution is -2.49. The summed E-state index contributed by atoms with van der Waals surface area (Å²) < 4.78 is 0. The Bertz CT molecular complexity index is 413. The fourth-order valence-electron chi connectivity index (χ4n) is 2.84. The number of imide groups is 1.